The second-order valence-corrected chi connectivity index (χ2v) is 6.87. The van der Waals surface area contributed by atoms with Crippen LogP contribution in [0, 0.1) is 0 Å². The van der Waals surface area contributed by atoms with Crippen molar-refractivity contribution >= 4 is 33.2 Å². The summed E-state index contributed by atoms with van der Waals surface area (Å²) in [6, 6.07) is 14.1. The molecule has 0 bridgehead atoms. The molecule has 23 heavy (non-hydrogen) atoms. The summed E-state index contributed by atoms with van der Waals surface area (Å²) >= 11 is 4.74. The molecule has 0 saturated carbocycles. The fourth-order valence-corrected chi connectivity index (χ4v) is 3.33. The van der Waals surface area contributed by atoms with Gasteiger partial charge in [0.2, 0.25) is 0 Å². The minimum Gasteiger partial charge on any atom is -0.466 e. The highest BCUT2D eigenvalue weighted by atomic mass is 79.9. The number of rotatable bonds is 5. The third-order valence-electron chi connectivity index (χ3n) is 3.47. The summed E-state index contributed by atoms with van der Waals surface area (Å²) < 4.78 is 6.28. The number of thiophene rings is 1. The molecule has 1 aromatic carbocycles. The first-order valence-corrected chi connectivity index (χ1v) is 8.61. The number of furan rings is 1. The Balaban J connectivity index is 1.80. The molecule has 0 aliphatic heterocycles. The molecule has 1 amide bonds. The topological polar surface area (TPSA) is 62.5 Å². The molecule has 2 aromatic heterocycles. The predicted molar refractivity (Wildman–Crippen MR) is 92.5 cm³/mol. The maximum absolute atomic E-state index is 12.3. The van der Waals surface area contributed by atoms with Crippen LogP contribution in [0.15, 0.2) is 69.1 Å². The van der Waals surface area contributed by atoms with Crippen molar-refractivity contribution in [2.75, 3.05) is 6.54 Å². The third kappa shape index (κ3) is 3.39. The van der Waals surface area contributed by atoms with Gasteiger partial charge in [-0.2, -0.15) is 0 Å². The number of hydrogen-bond acceptors (Lipinski definition) is 4. The SMILES string of the molecule is O=C(NCC(O)(c1ccco1)c1cccs1)c1ccc(Br)cc1. The van der Waals surface area contributed by atoms with Gasteiger partial charge in [0.05, 0.1) is 12.8 Å². The van der Waals surface area contributed by atoms with E-state index in [1.165, 1.54) is 17.6 Å². The van der Waals surface area contributed by atoms with E-state index in [2.05, 4.69) is 21.2 Å². The van der Waals surface area contributed by atoms with Crippen molar-refractivity contribution in [1.82, 2.24) is 5.32 Å². The standard InChI is InChI=1S/C17H14BrNO3S/c18-13-7-5-12(6-8-13)16(20)19-11-17(21,14-3-1-9-22-14)15-4-2-10-23-15/h1-10,21H,11H2,(H,19,20). The Morgan fingerprint density at radius 3 is 2.61 bits per heavy atom. The number of amides is 1. The van der Waals surface area contributed by atoms with Crippen LogP contribution in [0.1, 0.15) is 21.0 Å². The average Bonchev–Trinajstić information content (AvgIpc) is 3.26. The molecule has 6 heteroatoms. The summed E-state index contributed by atoms with van der Waals surface area (Å²) in [4.78, 5) is 13.0. The maximum atomic E-state index is 12.3. The van der Waals surface area contributed by atoms with Gasteiger partial charge in [-0.25, -0.2) is 0 Å². The van der Waals surface area contributed by atoms with E-state index >= 15 is 0 Å². The second kappa shape index (κ2) is 6.70. The number of carbonyl (C=O) groups excluding carboxylic acids is 1. The number of aliphatic hydroxyl groups is 1. The summed E-state index contributed by atoms with van der Waals surface area (Å²) in [5, 5.41) is 15.7. The van der Waals surface area contributed by atoms with Gasteiger partial charge in [-0.15, -0.1) is 11.3 Å². The molecule has 1 atom stereocenters. The molecular weight excluding hydrogens is 378 g/mol. The van der Waals surface area contributed by atoms with E-state index in [-0.39, 0.29) is 12.5 Å². The molecule has 1 unspecified atom stereocenters. The molecule has 2 heterocycles. The zero-order chi connectivity index (χ0) is 16.3. The zero-order valence-electron chi connectivity index (χ0n) is 12.0. The molecule has 0 saturated heterocycles. The Morgan fingerprint density at radius 1 is 1.22 bits per heavy atom. The van der Waals surface area contributed by atoms with Crippen LogP contribution >= 0.6 is 27.3 Å². The number of hydrogen-bond donors (Lipinski definition) is 2. The van der Waals surface area contributed by atoms with Gasteiger partial charge in [-0.05, 0) is 47.8 Å². The molecule has 0 fully saturated rings. The van der Waals surface area contributed by atoms with Gasteiger partial charge in [0.25, 0.3) is 5.91 Å². The van der Waals surface area contributed by atoms with Crippen LogP contribution in [0.3, 0.4) is 0 Å². The summed E-state index contributed by atoms with van der Waals surface area (Å²) in [6.07, 6.45) is 1.50. The lowest BCUT2D eigenvalue weighted by molar-refractivity contribution is 0.0554. The minimum absolute atomic E-state index is 0.0237. The summed E-state index contributed by atoms with van der Waals surface area (Å²) in [7, 11) is 0. The van der Waals surface area contributed by atoms with E-state index in [1.54, 1.807) is 36.4 Å². The van der Waals surface area contributed by atoms with Gasteiger partial charge in [0.1, 0.15) is 5.76 Å². The van der Waals surface area contributed by atoms with E-state index in [9.17, 15) is 9.90 Å². The quantitative estimate of drug-likeness (QED) is 0.695. The van der Waals surface area contributed by atoms with Crippen LogP contribution in [0.2, 0.25) is 0 Å². The molecule has 0 aliphatic carbocycles. The highest BCUT2D eigenvalue weighted by Gasteiger charge is 2.36. The normalized spacial score (nSPS) is 13.5. The maximum Gasteiger partial charge on any atom is 0.251 e. The van der Waals surface area contributed by atoms with Gasteiger partial charge in [0, 0.05) is 14.9 Å². The van der Waals surface area contributed by atoms with Crippen molar-refractivity contribution in [3.05, 3.63) is 80.8 Å². The first-order chi connectivity index (χ1) is 11.1. The van der Waals surface area contributed by atoms with Gasteiger partial charge < -0.3 is 14.8 Å². The van der Waals surface area contributed by atoms with Crippen LogP contribution in [-0.2, 0) is 5.60 Å². The highest BCUT2D eigenvalue weighted by molar-refractivity contribution is 9.10. The molecular formula is C17H14BrNO3S. The van der Waals surface area contributed by atoms with Gasteiger partial charge >= 0.3 is 0 Å². The van der Waals surface area contributed by atoms with Crippen LogP contribution in [0.4, 0.5) is 0 Å². The molecule has 4 nitrogen and oxygen atoms in total. The first kappa shape index (κ1) is 16.0. The Hall–Kier alpha value is -1.89. The minimum atomic E-state index is -1.39. The highest BCUT2D eigenvalue weighted by Crippen LogP contribution is 2.32. The lowest BCUT2D eigenvalue weighted by Gasteiger charge is -2.25. The van der Waals surface area contributed by atoms with Crippen molar-refractivity contribution in [2.24, 2.45) is 0 Å². The van der Waals surface area contributed by atoms with Gasteiger partial charge in [-0.1, -0.05) is 22.0 Å². The zero-order valence-corrected chi connectivity index (χ0v) is 14.4. The van der Waals surface area contributed by atoms with Crippen molar-refractivity contribution in [3.8, 4) is 0 Å². The number of halogens is 1. The summed E-state index contributed by atoms with van der Waals surface area (Å²) in [5.74, 6) is 0.148. The van der Waals surface area contributed by atoms with Crippen LogP contribution in [0.5, 0.6) is 0 Å². The fraction of sp³-hybridized carbons (Fsp3) is 0.118. The average molecular weight is 392 g/mol. The third-order valence-corrected chi connectivity index (χ3v) is 5.02. The van der Waals surface area contributed by atoms with E-state index < -0.39 is 5.60 Å². The summed E-state index contributed by atoms with van der Waals surface area (Å²) in [5.41, 5.74) is -0.857. The molecule has 0 aliphatic rings. The van der Waals surface area contributed by atoms with E-state index in [1.807, 2.05) is 17.5 Å². The number of benzene rings is 1. The Kier molecular flexibility index (Phi) is 4.66. The Labute approximate surface area is 145 Å². The Bertz CT molecular complexity index is 733. The van der Waals surface area contributed by atoms with Crippen molar-refractivity contribution in [2.45, 2.75) is 5.60 Å². The predicted octanol–water partition coefficient (Wildman–Crippen LogP) is 3.77. The lowest BCUT2D eigenvalue weighted by atomic mass is 9.98. The Morgan fingerprint density at radius 2 is 2.00 bits per heavy atom. The van der Waals surface area contributed by atoms with Crippen LogP contribution in [-0.4, -0.2) is 17.6 Å². The molecule has 3 rings (SSSR count). The molecule has 2 N–H and O–H groups in total. The van der Waals surface area contributed by atoms with Crippen molar-refractivity contribution in [3.63, 3.8) is 0 Å². The van der Waals surface area contributed by atoms with Crippen LogP contribution in [0.25, 0.3) is 0 Å². The smallest absolute Gasteiger partial charge is 0.251 e. The van der Waals surface area contributed by atoms with E-state index in [4.69, 9.17) is 4.42 Å². The van der Waals surface area contributed by atoms with Gasteiger partial charge in [0.15, 0.2) is 5.60 Å². The molecule has 0 spiro atoms. The number of nitrogens with one attached hydrogen (secondary N) is 1. The monoisotopic (exact) mass is 391 g/mol. The molecule has 118 valence electrons. The second-order valence-electron chi connectivity index (χ2n) is 5.00. The molecule has 3 aromatic rings. The molecule has 0 radical (unpaired) electrons. The van der Waals surface area contributed by atoms with Gasteiger partial charge in [-0.3, -0.25) is 4.79 Å². The van der Waals surface area contributed by atoms with E-state index in [0.717, 1.165) is 4.47 Å². The van der Waals surface area contributed by atoms with Crippen molar-refractivity contribution in [1.29, 1.82) is 0 Å². The van der Waals surface area contributed by atoms with Crippen LogP contribution < -0.4 is 5.32 Å². The first-order valence-electron chi connectivity index (χ1n) is 6.94. The number of carbonyl (C=O) groups is 1. The van der Waals surface area contributed by atoms with E-state index in [0.29, 0.717) is 16.2 Å². The lowest BCUT2D eigenvalue weighted by Crippen LogP contribution is -2.41. The summed E-state index contributed by atoms with van der Waals surface area (Å²) in [6.45, 7) is 0.0237. The fourth-order valence-electron chi connectivity index (χ4n) is 2.23. The van der Waals surface area contributed by atoms with Crippen molar-refractivity contribution < 1.29 is 14.3 Å². The largest absolute Gasteiger partial charge is 0.466 e.